The Hall–Kier alpha value is -3.09. The second-order valence-corrected chi connectivity index (χ2v) is 5.49. The van der Waals surface area contributed by atoms with E-state index < -0.39 is 0 Å². The van der Waals surface area contributed by atoms with Gasteiger partial charge in [0.25, 0.3) is 5.69 Å². The zero-order valence-electron chi connectivity index (χ0n) is 14.6. The van der Waals surface area contributed by atoms with E-state index >= 15 is 0 Å². The summed E-state index contributed by atoms with van der Waals surface area (Å²) in [6, 6.07) is 14.5. The fraction of sp³-hybridized carbons (Fsp3) is 0.278. The fourth-order valence-corrected chi connectivity index (χ4v) is 2.48. The molecule has 0 amide bonds. The molecule has 0 unspecified atom stereocenters. The van der Waals surface area contributed by atoms with Gasteiger partial charge in [0.1, 0.15) is 5.75 Å². The maximum absolute atomic E-state index is 11.1. The zero-order valence-corrected chi connectivity index (χ0v) is 14.6. The summed E-state index contributed by atoms with van der Waals surface area (Å²) in [4.78, 5) is 16.9. The number of para-hydroxylation sites is 1. The lowest BCUT2D eigenvalue weighted by molar-refractivity contribution is -0.385. The first-order valence-electron chi connectivity index (χ1n) is 7.82. The molecule has 0 fully saturated rings. The molecule has 132 valence electrons. The minimum absolute atomic E-state index is 0.100. The number of hydrogen-bond donors (Lipinski definition) is 1. The van der Waals surface area contributed by atoms with Gasteiger partial charge >= 0.3 is 0 Å². The molecule has 2 aromatic rings. The third-order valence-corrected chi connectivity index (χ3v) is 3.78. The van der Waals surface area contributed by atoms with Crippen molar-refractivity contribution in [2.75, 3.05) is 21.2 Å². The molecule has 7 nitrogen and oxygen atoms in total. The number of guanidine groups is 1. The zero-order chi connectivity index (χ0) is 18.2. The van der Waals surface area contributed by atoms with E-state index in [1.54, 1.807) is 32.4 Å². The van der Waals surface area contributed by atoms with Gasteiger partial charge in [0, 0.05) is 38.8 Å². The third-order valence-electron chi connectivity index (χ3n) is 3.78. The number of aliphatic imine (C=N–C) groups is 1. The summed E-state index contributed by atoms with van der Waals surface area (Å²) in [6.07, 6.45) is 0. The maximum atomic E-state index is 11.1. The van der Waals surface area contributed by atoms with Gasteiger partial charge in [-0.25, -0.2) is 0 Å². The molecule has 25 heavy (non-hydrogen) atoms. The van der Waals surface area contributed by atoms with Crippen LogP contribution in [0.25, 0.3) is 0 Å². The Morgan fingerprint density at radius 2 is 1.92 bits per heavy atom. The Bertz CT molecular complexity index is 744. The Labute approximate surface area is 147 Å². The molecule has 0 heterocycles. The van der Waals surface area contributed by atoms with Crippen molar-refractivity contribution >= 4 is 11.6 Å². The highest BCUT2D eigenvalue weighted by Gasteiger charge is 2.13. The first-order valence-corrected chi connectivity index (χ1v) is 7.82. The standard InChI is InChI=1S/C18H22N4O3/c1-19-18(20-12-15-6-4-5-7-17(15)22(23)24)21(2)13-14-8-10-16(25-3)11-9-14/h4-11H,12-13H2,1-3H3,(H,19,20). The highest BCUT2D eigenvalue weighted by atomic mass is 16.6. The summed E-state index contributed by atoms with van der Waals surface area (Å²) in [5, 5.41) is 14.3. The van der Waals surface area contributed by atoms with Crippen molar-refractivity contribution < 1.29 is 9.66 Å². The quantitative estimate of drug-likeness (QED) is 0.378. The van der Waals surface area contributed by atoms with Crippen molar-refractivity contribution in [2.24, 2.45) is 4.99 Å². The monoisotopic (exact) mass is 342 g/mol. The van der Waals surface area contributed by atoms with Crippen molar-refractivity contribution in [3.05, 3.63) is 69.8 Å². The molecule has 1 N–H and O–H groups in total. The van der Waals surface area contributed by atoms with Crippen LogP contribution in [0.4, 0.5) is 5.69 Å². The molecule has 2 aromatic carbocycles. The van der Waals surface area contributed by atoms with Gasteiger partial charge in [0.05, 0.1) is 12.0 Å². The molecule has 7 heteroatoms. The summed E-state index contributed by atoms with van der Waals surface area (Å²) in [7, 11) is 5.24. The van der Waals surface area contributed by atoms with Crippen LogP contribution in [-0.4, -0.2) is 37.0 Å². The van der Waals surface area contributed by atoms with Crippen LogP contribution in [0.3, 0.4) is 0 Å². The van der Waals surface area contributed by atoms with Crippen molar-refractivity contribution in [1.82, 2.24) is 10.2 Å². The van der Waals surface area contributed by atoms with Gasteiger partial charge in [-0.1, -0.05) is 30.3 Å². The van der Waals surface area contributed by atoms with Crippen LogP contribution in [0.1, 0.15) is 11.1 Å². The number of rotatable bonds is 6. The van der Waals surface area contributed by atoms with E-state index in [9.17, 15) is 10.1 Å². The van der Waals surface area contributed by atoms with Gasteiger partial charge in [-0.3, -0.25) is 15.1 Å². The number of nitro benzene ring substituents is 1. The van der Waals surface area contributed by atoms with Crippen LogP contribution in [-0.2, 0) is 13.1 Å². The molecule has 0 atom stereocenters. The molecule has 0 aliphatic heterocycles. The van der Waals surface area contributed by atoms with E-state index in [0.717, 1.165) is 11.3 Å². The van der Waals surface area contributed by atoms with Gasteiger partial charge in [-0.2, -0.15) is 0 Å². The van der Waals surface area contributed by atoms with Gasteiger partial charge in [-0.05, 0) is 17.7 Å². The second-order valence-electron chi connectivity index (χ2n) is 5.49. The van der Waals surface area contributed by atoms with E-state index in [0.29, 0.717) is 24.6 Å². The molecule has 0 saturated heterocycles. The average Bonchev–Trinajstić information content (AvgIpc) is 2.63. The Kier molecular flexibility index (Phi) is 6.33. The van der Waals surface area contributed by atoms with Gasteiger partial charge in [-0.15, -0.1) is 0 Å². The molecule has 2 rings (SSSR count). The molecule has 0 aliphatic carbocycles. The van der Waals surface area contributed by atoms with Gasteiger partial charge in [0.2, 0.25) is 0 Å². The number of ether oxygens (including phenoxy) is 1. The number of nitrogens with zero attached hydrogens (tertiary/aromatic N) is 3. The molecule has 0 aromatic heterocycles. The Balaban J connectivity index is 2.01. The fourth-order valence-electron chi connectivity index (χ4n) is 2.48. The smallest absolute Gasteiger partial charge is 0.274 e. The molecule has 0 aliphatic rings. The summed E-state index contributed by atoms with van der Waals surface area (Å²) in [5.41, 5.74) is 1.83. The lowest BCUT2D eigenvalue weighted by Gasteiger charge is -2.22. The molecule has 0 saturated carbocycles. The SMILES string of the molecule is CN=C(NCc1ccccc1[N+](=O)[O-])N(C)Cc1ccc(OC)cc1. The van der Waals surface area contributed by atoms with Crippen LogP contribution in [0, 0.1) is 10.1 Å². The first kappa shape index (κ1) is 18.3. The topological polar surface area (TPSA) is 80.0 Å². The Morgan fingerprint density at radius 1 is 1.24 bits per heavy atom. The van der Waals surface area contributed by atoms with Crippen molar-refractivity contribution in [1.29, 1.82) is 0 Å². The van der Waals surface area contributed by atoms with Crippen molar-refractivity contribution in [3.8, 4) is 5.75 Å². The van der Waals surface area contributed by atoms with E-state index in [1.807, 2.05) is 36.2 Å². The predicted molar refractivity (Wildman–Crippen MR) is 97.8 cm³/mol. The maximum Gasteiger partial charge on any atom is 0.274 e. The van der Waals surface area contributed by atoms with E-state index in [-0.39, 0.29) is 10.6 Å². The van der Waals surface area contributed by atoms with Crippen LogP contribution in [0.15, 0.2) is 53.5 Å². The average molecular weight is 342 g/mol. The van der Waals surface area contributed by atoms with Gasteiger partial charge in [0.15, 0.2) is 5.96 Å². The molecule has 0 bridgehead atoms. The number of nitrogens with one attached hydrogen (secondary N) is 1. The van der Waals surface area contributed by atoms with Crippen LogP contribution < -0.4 is 10.1 Å². The van der Waals surface area contributed by atoms with E-state index in [4.69, 9.17) is 4.74 Å². The molecular formula is C18H22N4O3. The summed E-state index contributed by atoms with van der Waals surface area (Å²) in [5.74, 6) is 1.47. The summed E-state index contributed by atoms with van der Waals surface area (Å²) in [6.45, 7) is 0.983. The number of benzene rings is 2. The highest BCUT2D eigenvalue weighted by molar-refractivity contribution is 5.79. The lowest BCUT2D eigenvalue weighted by atomic mass is 10.2. The normalized spacial score (nSPS) is 11.1. The second kappa shape index (κ2) is 8.68. The van der Waals surface area contributed by atoms with Crippen LogP contribution in [0.2, 0.25) is 0 Å². The molecular weight excluding hydrogens is 320 g/mol. The molecule has 0 radical (unpaired) electrons. The summed E-state index contributed by atoms with van der Waals surface area (Å²) < 4.78 is 5.16. The molecule has 0 spiro atoms. The van der Waals surface area contributed by atoms with E-state index in [2.05, 4.69) is 10.3 Å². The van der Waals surface area contributed by atoms with Crippen molar-refractivity contribution in [2.45, 2.75) is 13.1 Å². The number of methoxy groups -OCH3 is 1. The number of hydrogen-bond acceptors (Lipinski definition) is 4. The van der Waals surface area contributed by atoms with E-state index in [1.165, 1.54) is 6.07 Å². The minimum atomic E-state index is -0.374. The largest absolute Gasteiger partial charge is 0.497 e. The highest BCUT2D eigenvalue weighted by Crippen LogP contribution is 2.17. The van der Waals surface area contributed by atoms with Crippen molar-refractivity contribution in [3.63, 3.8) is 0 Å². The van der Waals surface area contributed by atoms with Crippen LogP contribution in [0.5, 0.6) is 5.75 Å². The van der Waals surface area contributed by atoms with Crippen LogP contribution >= 0.6 is 0 Å². The number of nitro groups is 1. The van der Waals surface area contributed by atoms with Gasteiger partial charge < -0.3 is 15.0 Å². The predicted octanol–water partition coefficient (Wildman–Crippen LogP) is 2.81. The third kappa shape index (κ3) is 4.94. The lowest BCUT2D eigenvalue weighted by Crippen LogP contribution is -2.38. The Morgan fingerprint density at radius 3 is 2.52 bits per heavy atom. The summed E-state index contributed by atoms with van der Waals surface area (Å²) >= 11 is 0. The first-order chi connectivity index (χ1) is 12.0. The minimum Gasteiger partial charge on any atom is -0.497 e.